The molecule has 2 fully saturated rings. The van der Waals surface area contributed by atoms with Crippen molar-refractivity contribution in [2.75, 3.05) is 26.0 Å². The summed E-state index contributed by atoms with van der Waals surface area (Å²) in [5.74, 6) is -0.987. The van der Waals surface area contributed by atoms with Gasteiger partial charge in [0.25, 0.3) is 0 Å². The summed E-state index contributed by atoms with van der Waals surface area (Å²) in [5, 5.41) is 11.8. The van der Waals surface area contributed by atoms with Crippen LogP contribution in [0.5, 0.6) is 0 Å². The largest absolute Gasteiger partial charge is 0.481 e. The van der Waals surface area contributed by atoms with Gasteiger partial charge in [-0.2, -0.15) is 0 Å². The molecule has 1 aromatic carbocycles. The van der Waals surface area contributed by atoms with Crippen LogP contribution in [0.2, 0.25) is 0 Å². The summed E-state index contributed by atoms with van der Waals surface area (Å²) in [6, 6.07) is 8.53. The van der Waals surface area contributed by atoms with Gasteiger partial charge in [-0.25, -0.2) is 4.79 Å². The van der Waals surface area contributed by atoms with E-state index in [1.54, 1.807) is 0 Å². The van der Waals surface area contributed by atoms with Crippen molar-refractivity contribution in [3.8, 4) is 0 Å². The molecule has 2 aliphatic rings. The second kappa shape index (κ2) is 7.55. The van der Waals surface area contributed by atoms with E-state index in [4.69, 9.17) is 9.47 Å². The minimum Gasteiger partial charge on any atom is -0.481 e. The fraction of sp³-hybridized carbons (Fsp3) is 0.471. The lowest BCUT2D eigenvalue weighted by atomic mass is 9.88. The molecular weight excluding hydrogens is 360 g/mol. The fourth-order valence-corrected chi connectivity index (χ4v) is 4.60. The van der Waals surface area contributed by atoms with Crippen LogP contribution in [0.15, 0.2) is 30.3 Å². The van der Waals surface area contributed by atoms with E-state index in [9.17, 15) is 19.5 Å². The van der Waals surface area contributed by atoms with Crippen molar-refractivity contribution < 1.29 is 29.0 Å². The van der Waals surface area contributed by atoms with Gasteiger partial charge in [-0.15, -0.1) is 11.8 Å². The summed E-state index contributed by atoms with van der Waals surface area (Å²) in [7, 11) is 1.44. The molecule has 3 atom stereocenters. The average Bonchev–Trinajstić information content (AvgIpc) is 2.65. The minimum atomic E-state index is -1.12. The Labute approximate surface area is 154 Å². The van der Waals surface area contributed by atoms with Crippen LogP contribution >= 0.6 is 11.8 Å². The molecule has 2 unspecified atom stereocenters. The predicted octanol–water partition coefficient (Wildman–Crippen LogP) is 0.914. The van der Waals surface area contributed by atoms with Crippen LogP contribution in [-0.4, -0.2) is 65.4 Å². The lowest BCUT2D eigenvalue weighted by Gasteiger charge is -2.53. The van der Waals surface area contributed by atoms with Crippen molar-refractivity contribution in [3.63, 3.8) is 0 Å². The highest BCUT2D eigenvalue weighted by molar-refractivity contribution is 8.00. The van der Waals surface area contributed by atoms with Gasteiger partial charge in [-0.3, -0.25) is 9.59 Å². The summed E-state index contributed by atoms with van der Waals surface area (Å²) in [6.07, 6.45) is -0.667. The molecule has 0 radical (unpaired) electrons. The molecule has 2 amide bonds. The van der Waals surface area contributed by atoms with E-state index in [2.05, 4.69) is 5.32 Å². The molecule has 2 heterocycles. The highest BCUT2D eigenvalue weighted by atomic mass is 32.2. The Kier molecular flexibility index (Phi) is 5.38. The minimum absolute atomic E-state index is 0.0308. The topological polar surface area (TPSA) is 105 Å². The van der Waals surface area contributed by atoms with E-state index in [1.165, 1.54) is 23.8 Å². The number of alkyl carbamates (subject to hydrolysis) is 1. The van der Waals surface area contributed by atoms with Gasteiger partial charge in [-0.05, 0) is 5.56 Å². The standard InChI is InChI=1S/C17H20N2O6S/c1-24-9-17(15(21)22)8-19-13(20)12(14(19)26-10-17)18-16(23)25-7-11-5-3-2-4-6-11/h2-6,12,14H,7-10H2,1H3,(H,18,23)(H,21,22)/t12?,14-,17?/m1/s1. The summed E-state index contributed by atoms with van der Waals surface area (Å²) in [5.41, 5.74) is -0.272. The highest BCUT2D eigenvalue weighted by Gasteiger charge is 2.57. The molecule has 0 bridgehead atoms. The summed E-state index contributed by atoms with van der Waals surface area (Å²) < 4.78 is 10.2. The van der Waals surface area contributed by atoms with E-state index in [0.717, 1.165) is 5.56 Å². The zero-order valence-electron chi connectivity index (χ0n) is 14.2. The van der Waals surface area contributed by atoms with E-state index in [1.807, 2.05) is 30.3 Å². The van der Waals surface area contributed by atoms with Crippen LogP contribution in [0.4, 0.5) is 4.79 Å². The molecule has 1 aromatic rings. The maximum atomic E-state index is 12.3. The van der Waals surface area contributed by atoms with Gasteiger partial charge in [-0.1, -0.05) is 30.3 Å². The van der Waals surface area contributed by atoms with Crippen LogP contribution in [0.25, 0.3) is 0 Å². The highest BCUT2D eigenvalue weighted by Crippen LogP contribution is 2.42. The van der Waals surface area contributed by atoms with Crippen LogP contribution in [-0.2, 0) is 25.7 Å². The number of carboxylic acids is 1. The molecule has 0 spiro atoms. The van der Waals surface area contributed by atoms with Gasteiger partial charge in [0.2, 0.25) is 5.91 Å². The number of ether oxygens (including phenoxy) is 2. The lowest BCUT2D eigenvalue weighted by Crippen LogP contribution is -2.74. The SMILES string of the molecule is COCC1(C(=O)O)CS[C@@H]2C(NC(=O)OCc3ccccc3)C(=O)N2C1. The van der Waals surface area contributed by atoms with Gasteiger partial charge in [0.15, 0.2) is 0 Å². The van der Waals surface area contributed by atoms with Crippen LogP contribution in [0.1, 0.15) is 5.56 Å². The third-order valence-electron chi connectivity index (χ3n) is 4.51. The van der Waals surface area contributed by atoms with Crippen molar-refractivity contribution in [2.45, 2.75) is 18.0 Å². The Morgan fingerprint density at radius 2 is 2.12 bits per heavy atom. The van der Waals surface area contributed by atoms with Crippen LogP contribution in [0.3, 0.4) is 0 Å². The number of nitrogens with zero attached hydrogens (tertiary/aromatic N) is 1. The molecule has 0 aromatic heterocycles. The number of carbonyl (C=O) groups excluding carboxylic acids is 2. The summed E-state index contributed by atoms with van der Waals surface area (Å²) in [4.78, 5) is 37.4. The molecule has 0 aliphatic carbocycles. The third kappa shape index (κ3) is 3.49. The monoisotopic (exact) mass is 380 g/mol. The quantitative estimate of drug-likeness (QED) is 0.707. The Hall–Kier alpha value is -2.26. The van der Waals surface area contributed by atoms with Gasteiger partial charge in [0.05, 0.1) is 6.61 Å². The second-order valence-corrected chi connectivity index (χ2v) is 7.47. The summed E-state index contributed by atoms with van der Waals surface area (Å²) in [6.45, 7) is 0.220. The predicted molar refractivity (Wildman–Crippen MR) is 93.5 cm³/mol. The lowest BCUT2D eigenvalue weighted by molar-refractivity contribution is -0.160. The number of aliphatic carboxylic acids is 1. The normalized spacial score (nSPS) is 27.3. The molecule has 3 rings (SSSR count). The van der Waals surface area contributed by atoms with Crippen LogP contribution in [0, 0.1) is 5.41 Å². The number of benzene rings is 1. The van der Waals surface area contributed by atoms with Gasteiger partial charge >= 0.3 is 12.1 Å². The Bertz CT molecular complexity index is 700. The number of hydrogen-bond acceptors (Lipinski definition) is 6. The molecule has 26 heavy (non-hydrogen) atoms. The van der Waals surface area contributed by atoms with Crippen molar-refractivity contribution in [2.24, 2.45) is 5.41 Å². The number of carbonyl (C=O) groups is 3. The van der Waals surface area contributed by atoms with Crippen molar-refractivity contribution in [1.29, 1.82) is 0 Å². The number of hydrogen-bond donors (Lipinski definition) is 2. The Balaban J connectivity index is 1.54. The van der Waals surface area contributed by atoms with E-state index in [-0.39, 0.29) is 31.0 Å². The number of amides is 2. The number of β-lactam (4-membered cyclic amide) rings is 1. The number of thioether (sulfide) groups is 1. The maximum Gasteiger partial charge on any atom is 0.408 e. The first-order valence-electron chi connectivity index (χ1n) is 8.08. The zero-order valence-corrected chi connectivity index (χ0v) is 15.0. The number of carboxylic acid groups (broad SMARTS) is 1. The van der Waals surface area contributed by atoms with Gasteiger partial charge in [0.1, 0.15) is 23.4 Å². The smallest absolute Gasteiger partial charge is 0.408 e. The number of methoxy groups -OCH3 is 1. The van der Waals surface area contributed by atoms with Gasteiger partial charge < -0.3 is 24.8 Å². The van der Waals surface area contributed by atoms with E-state index >= 15 is 0 Å². The Morgan fingerprint density at radius 3 is 2.77 bits per heavy atom. The van der Waals surface area contributed by atoms with Crippen molar-refractivity contribution in [3.05, 3.63) is 35.9 Å². The number of nitrogens with one attached hydrogen (secondary N) is 1. The maximum absolute atomic E-state index is 12.3. The average molecular weight is 380 g/mol. The molecule has 140 valence electrons. The van der Waals surface area contributed by atoms with E-state index in [0.29, 0.717) is 5.75 Å². The first kappa shape index (κ1) is 18.5. The molecule has 2 aliphatic heterocycles. The second-order valence-electron chi connectivity index (χ2n) is 6.37. The van der Waals surface area contributed by atoms with Crippen molar-refractivity contribution in [1.82, 2.24) is 10.2 Å². The zero-order chi connectivity index (χ0) is 18.7. The number of rotatable bonds is 6. The number of fused-ring (bicyclic) bond motifs is 1. The molecule has 9 heteroatoms. The first-order valence-corrected chi connectivity index (χ1v) is 9.13. The van der Waals surface area contributed by atoms with Crippen LogP contribution < -0.4 is 5.32 Å². The molecule has 2 saturated heterocycles. The molecular formula is C17H20N2O6S. The fourth-order valence-electron chi connectivity index (χ4n) is 3.07. The molecule has 2 N–H and O–H groups in total. The van der Waals surface area contributed by atoms with Gasteiger partial charge in [0, 0.05) is 19.4 Å². The third-order valence-corrected chi connectivity index (χ3v) is 6.09. The first-order chi connectivity index (χ1) is 12.5. The van der Waals surface area contributed by atoms with E-state index < -0.39 is 23.5 Å². The summed E-state index contributed by atoms with van der Waals surface area (Å²) >= 11 is 1.33. The molecule has 0 saturated carbocycles. The molecule has 8 nitrogen and oxygen atoms in total. The Morgan fingerprint density at radius 1 is 1.38 bits per heavy atom. The van der Waals surface area contributed by atoms with Crippen molar-refractivity contribution >= 4 is 29.7 Å².